The molecule has 1 aromatic rings. The van der Waals surface area contributed by atoms with Crippen LogP contribution in [0.25, 0.3) is 0 Å². The molecule has 5 nitrogen and oxygen atoms in total. The first kappa shape index (κ1) is 14.0. The highest BCUT2D eigenvalue weighted by Gasteiger charge is 2.33. The Morgan fingerprint density at radius 3 is 2.58 bits per heavy atom. The van der Waals surface area contributed by atoms with Gasteiger partial charge >= 0.3 is 5.97 Å². The van der Waals surface area contributed by atoms with Crippen molar-refractivity contribution in [2.45, 2.75) is 30.2 Å². The maximum Gasteiger partial charge on any atom is 0.308 e. The van der Waals surface area contributed by atoms with Gasteiger partial charge < -0.3 is 4.74 Å². The Morgan fingerprint density at radius 1 is 1.26 bits per heavy atom. The number of rotatable bonds is 4. The Labute approximate surface area is 113 Å². The fraction of sp³-hybridized carbons (Fsp3) is 0.462. The molecule has 1 fully saturated rings. The van der Waals surface area contributed by atoms with E-state index in [-0.39, 0.29) is 22.8 Å². The molecule has 0 spiro atoms. The molecule has 104 valence electrons. The molecule has 6 heteroatoms. The van der Waals surface area contributed by atoms with Gasteiger partial charge in [-0.15, -0.1) is 0 Å². The summed E-state index contributed by atoms with van der Waals surface area (Å²) in [6.45, 7) is 0. The number of nitrogens with one attached hydrogen (secondary N) is 1. The van der Waals surface area contributed by atoms with Crippen molar-refractivity contribution in [2.24, 2.45) is 5.92 Å². The molecule has 1 saturated carbocycles. The van der Waals surface area contributed by atoms with Gasteiger partial charge in [-0.05, 0) is 31.4 Å². The molecule has 0 heterocycles. The predicted molar refractivity (Wildman–Crippen MR) is 69.9 cm³/mol. The lowest BCUT2D eigenvalue weighted by atomic mass is 10.1. The average molecular weight is 283 g/mol. The van der Waals surface area contributed by atoms with E-state index in [1.807, 2.05) is 0 Å². The molecule has 0 aliphatic heterocycles. The molecule has 19 heavy (non-hydrogen) atoms. The molecule has 1 N–H and O–H groups in total. The number of methoxy groups -OCH3 is 1. The van der Waals surface area contributed by atoms with Crippen molar-refractivity contribution >= 4 is 16.0 Å². The van der Waals surface area contributed by atoms with Gasteiger partial charge in [0, 0.05) is 6.04 Å². The zero-order valence-corrected chi connectivity index (χ0v) is 11.5. The van der Waals surface area contributed by atoms with Crippen LogP contribution in [-0.2, 0) is 19.6 Å². The summed E-state index contributed by atoms with van der Waals surface area (Å²) in [6, 6.07) is 8.03. The minimum absolute atomic E-state index is 0.200. The van der Waals surface area contributed by atoms with Crippen LogP contribution in [-0.4, -0.2) is 27.5 Å². The number of hydrogen-bond donors (Lipinski definition) is 1. The van der Waals surface area contributed by atoms with E-state index < -0.39 is 10.0 Å². The van der Waals surface area contributed by atoms with Crippen LogP contribution < -0.4 is 4.72 Å². The third-order valence-electron chi connectivity index (χ3n) is 3.34. The van der Waals surface area contributed by atoms with Crippen LogP contribution >= 0.6 is 0 Å². The first-order chi connectivity index (χ1) is 9.03. The van der Waals surface area contributed by atoms with Crippen molar-refractivity contribution in [3.63, 3.8) is 0 Å². The second kappa shape index (κ2) is 5.71. The summed E-state index contributed by atoms with van der Waals surface area (Å²) >= 11 is 0. The number of carbonyl (C=O) groups excluding carboxylic acids is 1. The highest BCUT2D eigenvalue weighted by Crippen LogP contribution is 2.27. The minimum atomic E-state index is -3.50. The summed E-state index contributed by atoms with van der Waals surface area (Å²) in [5, 5.41) is 0. The zero-order valence-electron chi connectivity index (χ0n) is 10.7. The summed E-state index contributed by atoms with van der Waals surface area (Å²) in [4.78, 5) is 11.6. The second-order valence-electron chi connectivity index (χ2n) is 4.66. The first-order valence-electron chi connectivity index (χ1n) is 6.18. The molecule has 0 saturated heterocycles. The van der Waals surface area contributed by atoms with Gasteiger partial charge in [0.2, 0.25) is 10.0 Å². The van der Waals surface area contributed by atoms with E-state index in [0.29, 0.717) is 19.3 Å². The molecule has 2 unspecified atom stereocenters. The first-order valence-corrected chi connectivity index (χ1v) is 7.66. The van der Waals surface area contributed by atoms with Crippen LogP contribution in [0.5, 0.6) is 0 Å². The molecule has 0 bridgehead atoms. The molecule has 1 aliphatic rings. The summed E-state index contributed by atoms with van der Waals surface area (Å²) < 4.78 is 31.5. The molecule has 1 aromatic carbocycles. The number of esters is 1. The predicted octanol–water partition coefficient (Wildman–Crippen LogP) is 1.31. The van der Waals surface area contributed by atoms with Crippen molar-refractivity contribution in [1.82, 2.24) is 4.72 Å². The normalized spacial score (nSPS) is 23.2. The molecule has 0 amide bonds. The van der Waals surface area contributed by atoms with Gasteiger partial charge in [-0.25, -0.2) is 13.1 Å². The lowest BCUT2D eigenvalue weighted by Crippen LogP contribution is -2.33. The molecule has 2 atom stereocenters. The van der Waals surface area contributed by atoms with Gasteiger partial charge in [0.05, 0.1) is 17.9 Å². The van der Waals surface area contributed by atoms with Crippen LogP contribution in [0.4, 0.5) is 0 Å². The Bertz CT molecular complexity index is 541. The van der Waals surface area contributed by atoms with E-state index in [2.05, 4.69) is 9.46 Å². The van der Waals surface area contributed by atoms with Crippen LogP contribution in [0, 0.1) is 5.92 Å². The van der Waals surface area contributed by atoms with Gasteiger partial charge in [0.15, 0.2) is 0 Å². The highest BCUT2D eigenvalue weighted by molar-refractivity contribution is 7.89. The molecular weight excluding hydrogens is 266 g/mol. The van der Waals surface area contributed by atoms with E-state index in [4.69, 9.17) is 0 Å². The van der Waals surface area contributed by atoms with Gasteiger partial charge in [-0.2, -0.15) is 0 Å². The van der Waals surface area contributed by atoms with Crippen molar-refractivity contribution in [1.29, 1.82) is 0 Å². The largest absolute Gasteiger partial charge is 0.469 e. The van der Waals surface area contributed by atoms with Crippen molar-refractivity contribution < 1.29 is 17.9 Å². The Hall–Kier alpha value is -1.40. The van der Waals surface area contributed by atoms with Crippen LogP contribution in [0.15, 0.2) is 35.2 Å². The quantitative estimate of drug-likeness (QED) is 0.846. The molecule has 0 radical (unpaired) electrons. The smallest absolute Gasteiger partial charge is 0.308 e. The lowest BCUT2D eigenvalue weighted by molar-refractivity contribution is -0.145. The molecule has 2 rings (SSSR count). The second-order valence-corrected chi connectivity index (χ2v) is 6.38. The third-order valence-corrected chi connectivity index (χ3v) is 4.88. The summed E-state index contributed by atoms with van der Waals surface area (Å²) in [5.74, 6) is -0.463. The van der Waals surface area contributed by atoms with Gasteiger partial charge in [-0.3, -0.25) is 4.79 Å². The topological polar surface area (TPSA) is 72.5 Å². The minimum Gasteiger partial charge on any atom is -0.469 e. The Balaban J connectivity index is 2.01. The zero-order chi connectivity index (χ0) is 13.9. The fourth-order valence-electron chi connectivity index (χ4n) is 2.36. The SMILES string of the molecule is COC(=O)C1CCC(NS(=O)(=O)c2ccccc2)C1. The van der Waals surface area contributed by atoms with Crippen molar-refractivity contribution in [2.75, 3.05) is 7.11 Å². The van der Waals surface area contributed by atoms with Crippen LogP contribution in [0.1, 0.15) is 19.3 Å². The summed E-state index contributed by atoms with van der Waals surface area (Å²) in [6.07, 6.45) is 1.82. The van der Waals surface area contributed by atoms with Gasteiger partial charge in [0.1, 0.15) is 0 Å². The fourth-order valence-corrected chi connectivity index (χ4v) is 3.66. The Morgan fingerprint density at radius 2 is 1.95 bits per heavy atom. The van der Waals surface area contributed by atoms with Crippen LogP contribution in [0.3, 0.4) is 0 Å². The van der Waals surface area contributed by atoms with Crippen molar-refractivity contribution in [3.05, 3.63) is 30.3 Å². The van der Waals surface area contributed by atoms with Gasteiger partial charge in [-0.1, -0.05) is 18.2 Å². The molecule has 0 aromatic heterocycles. The lowest BCUT2D eigenvalue weighted by Gasteiger charge is -2.13. The monoisotopic (exact) mass is 283 g/mol. The number of ether oxygens (including phenoxy) is 1. The van der Waals surface area contributed by atoms with E-state index >= 15 is 0 Å². The summed E-state index contributed by atoms with van der Waals surface area (Å²) in [5.41, 5.74) is 0. The maximum absolute atomic E-state index is 12.1. The number of carbonyl (C=O) groups is 1. The van der Waals surface area contributed by atoms with E-state index in [0.717, 1.165) is 0 Å². The number of sulfonamides is 1. The third kappa shape index (κ3) is 3.33. The average Bonchev–Trinajstić information content (AvgIpc) is 2.86. The molecule has 1 aliphatic carbocycles. The summed E-state index contributed by atoms with van der Waals surface area (Å²) in [7, 11) is -2.15. The Kier molecular flexibility index (Phi) is 4.21. The van der Waals surface area contributed by atoms with Gasteiger partial charge in [0.25, 0.3) is 0 Å². The highest BCUT2D eigenvalue weighted by atomic mass is 32.2. The number of hydrogen-bond acceptors (Lipinski definition) is 4. The van der Waals surface area contributed by atoms with Crippen LogP contribution in [0.2, 0.25) is 0 Å². The van der Waals surface area contributed by atoms with E-state index in [1.165, 1.54) is 7.11 Å². The van der Waals surface area contributed by atoms with E-state index in [9.17, 15) is 13.2 Å². The van der Waals surface area contributed by atoms with E-state index in [1.54, 1.807) is 30.3 Å². The standard InChI is InChI=1S/C13H17NO4S/c1-18-13(15)10-7-8-11(9-10)14-19(16,17)12-5-3-2-4-6-12/h2-6,10-11,14H,7-9H2,1H3. The van der Waals surface area contributed by atoms with Crippen molar-refractivity contribution in [3.8, 4) is 0 Å². The molecular formula is C13H17NO4S. The number of benzene rings is 1. The maximum atomic E-state index is 12.1.